The third-order valence-corrected chi connectivity index (χ3v) is 4.52. The second kappa shape index (κ2) is 7.76. The first-order valence-electron chi connectivity index (χ1n) is 7.78. The lowest BCUT2D eigenvalue weighted by Crippen LogP contribution is -2.20. The Kier molecular flexibility index (Phi) is 5.45. The average Bonchev–Trinajstić information content (AvgIpc) is 2.63. The molecule has 0 unspecified atom stereocenters. The monoisotopic (exact) mass is 361 g/mol. The van der Waals surface area contributed by atoms with E-state index in [1.54, 1.807) is 6.07 Å². The highest BCUT2D eigenvalue weighted by molar-refractivity contribution is 7.98. The summed E-state index contributed by atoms with van der Waals surface area (Å²) in [5.41, 5.74) is 1.01. The van der Waals surface area contributed by atoms with E-state index in [-0.39, 0.29) is 24.0 Å². The Bertz CT molecular complexity index is 891. The van der Waals surface area contributed by atoms with Crippen molar-refractivity contribution < 1.29 is 13.9 Å². The van der Waals surface area contributed by atoms with Gasteiger partial charge in [-0.3, -0.25) is 0 Å². The number of aromatic nitrogens is 2. The van der Waals surface area contributed by atoms with E-state index in [1.165, 1.54) is 17.8 Å². The van der Waals surface area contributed by atoms with Gasteiger partial charge in [0.1, 0.15) is 5.82 Å². The number of halogens is 2. The minimum Gasteiger partial charge on any atom is -0.394 e. The molecular weight excluding hydrogens is 344 g/mol. The normalized spacial score (nSPS) is 12.3. The number of thioether (sulfide) groups is 1. The zero-order valence-electron chi connectivity index (χ0n) is 13.5. The SMILES string of the molecule is C[C@H](CO)Nc1nc(SCc2cccc(F)c2F)nc2ccccc12. The summed E-state index contributed by atoms with van der Waals surface area (Å²) in [6, 6.07) is 11.4. The van der Waals surface area contributed by atoms with Crippen LogP contribution in [0, 0.1) is 11.6 Å². The van der Waals surface area contributed by atoms with E-state index in [9.17, 15) is 13.9 Å². The van der Waals surface area contributed by atoms with Crippen molar-refractivity contribution in [2.45, 2.75) is 23.9 Å². The lowest BCUT2D eigenvalue weighted by atomic mass is 10.2. The van der Waals surface area contributed by atoms with Crippen molar-refractivity contribution in [2.24, 2.45) is 0 Å². The van der Waals surface area contributed by atoms with Crippen LogP contribution in [0.4, 0.5) is 14.6 Å². The van der Waals surface area contributed by atoms with Crippen LogP contribution in [-0.4, -0.2) is 27.7 Å². The number of nitrogens with zero attached hydrogens (tertiary/aromatic N) is 2. The van der Waals surface area contributed by atoms with Gasteiger partial charge in [-0.15, -0.1) is 0 Å². The highest BCUT2D eigenvalue weighted by Gasteiger charge is 2.12. The fourth-order valence-electron chi connectivity index (χ4n) is 2.31. The van der Waals surface area contributed by atoms with Gasteiger partial charge in [0.05, 0.1) is 12.1 Å². The topological polar surface area (TPSA) is 58.0 Å². The van der Waals surface area contributed by atoms with Gasteiger partial charge in [0, 0.05) is 22.7 Å². The number of fused-ring (bicyclic) bond motifs is 1. The van der Waals surface area contributed by atoms with Gasteiger partial charge >= 0.3 is 0 Å². The highest BCUT2D eigenvalue weighted by atomic mass is 32.2. The Morgan fingerprint density at radius 3 is 2.72 bits per heavy atom. The molecule has 130 valence electrons. The summed E-state index contributed by atoms with van der Waals surface area (Å²) < 4.78 is 27.1. The lowest BCUT2D eigenvalue weighted by Gasteiger charge is -2.14. The van der Waals surface area contributed by atoms with Crippen molar-refractivity contribution in [3.05, 3.63) is 59.7 Å². The molecule has 1 aromatic heterocycles. The Labute approximate surface area is 148 Å². The Hall–Kier alpha value is -2.25. The molecule has 7 heteroatoms. The summed E-state index contributed by atoms with van der Waals surface area (Å²) in [4.78, 5) is 8.94. The number of aliphatic hydroxyl groups is 1. The van der Waals surface area contributed by atoms with E-state index in [1.807, 2.05) is 31.2 Å². The first-order chi connectivity index (χ1) is 12.1. The molecule has 2 N–H and O–H groups in total. The molecule has 0 amide bonds. The molecule has 4 nitrogen and oxygen atoms in total. The minimum atomic E-state index is -0.864. The van der Waals surface area contributed by atoms with E-state index in [2.05, 4.69) is 15.3 Å². The first-order valence-corrected chi connectivity index (χ1v) is 8.77. The van der Waals surface area contributed by atoms with Crippen LogP contribution in [-0.2, 0) is 5.75 Å². The third-order valence-electron chi connectivity index (χ3n) is 3.63. The van der Waals surface area contributed by atoms with Gasteiger partial charge in [-0.2, -0.15) is 0 Å². The van der Waals surface area contributed by atoms with Gasteiger partial charge in [-0.25, -0.2) is 18.7 Å². The third kappa shape index (κ3) is 4.05. The summed E-state index contributed by atoms with van der Waals surface area (Å²) in [6.45, 7) is 1.81. The number of rotatable bonds is 6. The maximum absolute atomic E-state index is 13.8. The van der Waals surface area contributed by atoms with E-state index < -0.39 is 11.6 Å². The van der Waals surface area contributed by atoms with Crippen LogP contribution in [0.2, 0.25) is 0 Å². The van der Waals surface area contributed by atoms with Crippen molar-refractivity contribution in [2.75, 3.05) is 11.9 Å². The Balaban J connectivity index is 1.89. The molecule has 0 bridgehead atoms. The average molecular weight is 361 g/mol. The molecule has 3 aromatic rings. The standard InChI is InChI=1S/C18H17F2N3OS/c1-11(9-24)21-17-13-6-2-3-8-15(13)22-18(23-17)25-10-12-5-4-7-14(19)16(12)20/h2-8,11,24H,9-10H2,1H3,(H,21,22,23)/t11-/m1/s1. The van der Waals surface area contributed by atoms with Gasteiger partial charge in [0.15, 0.2) is 16.8 Å². The summed E-state index contributed by atoms with van der Waals surface area (Å²) in [7, 11) is 0. The van der Waals surface area contributed by atoms with Crippen LogP contribution in [0.25, 0.3) is 10.9 Å². The highest BCUT2D eigenvalue weighted by Crippen LogP contribution is 2.27. The summed E-state index contributed by atoms with van der Waals surface area (Å²) in [6.07, 6.45) is 0. The molecule has 3 rings (SSSR count). The van der Waals surface area contributed by atoms with E-state index in [0.717, 1.165) is 17.0 Å². The minimum absolute atomic E-state index is 0.0324. The van der Waals surface area contributed by atoms with Crippen LogP contribution >= 0.6 is 11.8 Å². The molecule has 25 heavy (non-hydrogen) atoms. The van der Waals surface area contributed by atoms with Crippen molar-refractivity contribution in [1.82, 2.24) is 9.97 Å². The predicted molar refractivity (Wildman–Crippen MR) is 95.6 cm³/mol. The second-order valence-corrected chi connectivity index (χ2v) is 6.54. The molecular formula is C18H17F2N3OS. The number of benzene rings is 2. The molecule has 0 saturated heterocycles. The van der Waals surface area contributed by atoms with Crippen LogP contribution in [0.1, 0.15) is 12.5 Å². The smallest absolute Gasteiger partial charge is 0.190 e. The van der Waals surface area contributed by atoms with Crippen LogP contribution in [0.15, 0.2) is 47.6 Å². The number of hydrogen-bond acceptors (Lipinski definition) is 5. The molecule has 1 heterocycles. The molecule has 2 aromatic carbocycles. The molecule has 0 aliphatic heterocycles. The van der Waals surface area contributed by atoms with Crippen LogP contribution in [0.3, 0.4) is 0 Å². The molecule has 0 aliphatic carbocycles. The fourth-order valence-corrected chi connectivity index (χ4v) is 3.14. The fraction of sp³-hybridized carbons (Fsp3) is 0.222. The quantitative estimate of drug-likeness (QED) is 0.513. The van der Waals surface area contributed by atoms with Gasteiger partial charge in [-0.1, -0.05) is 36.0 Å². The number of nitrogens with one attached hydrogen (secondary N) is 1. The zero-order valence-corrected chi connectivity index (χ0v) is 14.4. The van der Waals surface area contributed by atoms with Gasteiger partial charge in [-0.05, 0) is 25.1 Å². The molecule has 0 fully saturated rings. The number of anilines is 1. The number of para-hydroxylation sites is 1. The van der Waals surface area contributed by atoms with Gasteiger partial charge in [0.2, 0.25) is 0 Å². The van der Waals surface area contributed by atoms with Crippen LogP contribution in [0.5, 0.6) is 0 Å². The lowest BCUT2D eigenvalue weighted by molar-refractivity contribution is 0.281. The first kappa shape index (κ1) is 17.6. The Morgan fingerprint density at radius 1 is 1.12 bits per heavy atom. The molecule has 0 aliphatic rings. The molecule has 1 atom stereocenters. The predicted octanol–water partition coefficient (Wildman–Crippen LogP) is 3.99. The van der Waals surface area contributed by atoms with E-state index in [0.29, 0.717) is 11.0 Å². The van der Waals surface area contributed by atoms with E-state index in [4.69, 9.17) is 0 Å². The molecule has 0 saturated carbocycles. The largest absolute Gasteiger partial charge is 0.394 e. The zero-order chi connectivity index (χ0) is 17.8. The number of aliphatic hydroxyl groups excluding tert-OH is 1. The van der Waals surface area contributed by atoms with Crippen LogP contribution < -0.4 is 5.32 Å². The van der Waals surface area contributed by atoms with Crippen molar-refractivity contribution >= 4 is 28.5 Å². The van der Waals surface area contributed by atoms with E-state index >= 15 is 0 Å². The number of hydrogen-bond donors (Lipinski definition) is 2. The van der Waals surface area contributed by atoms with Crippen molar-refractivity contribution in [3.63, 3.8) is 0 Å². The second-order valence-electron chi connectivity index (χ2n) is 5.60. The summed E-state index contributed by atoms with van der Waals surface area (Å²) >= 11 is 1.23. The van der Waals surface area contributed by atoms with Gasteiger partial charge in [0.25, 0.3) is 0 Å². The van der Waals surface area contributed by atoms with Gasteiger partial charge < -0.3 is 10.4 Å². The maximum Gasteiger partial charge on any atom is 0.190 e. The molecule has 0 spiro atoms. The molecule has 0 radical (unpaired) electrons. The van der Waals surface area contributed by atoms with Crippen molar-refractivity contribution in [3.8, 4) is 0 Å². The summed E-state index contributed by atoms with van der Waals surface area (Å²) in [5, 5.41) is 13.7. The summed E-state index contributed by atoms with van der Waals surface area (Å²) in [5.74, 6) is -0.884. The van der Waals surface area contributed by atoms with Crippen molar-refractivity contribution in [1.29, 1.82) is 0 Å². The Morgan fingerprint density at radius 2 is 1.92 bits per heavy atom. The maximum atomic E-state index is 13.8.